The molecule has 22 heavy (non-hydrogen) atoms. The van der Waals surface area contributed by atoms with E-state index in [0.29, 0.717) is 5.11 Å². The zero-order chi connectivity index (χ0) is 15.8. The van der Waals surface area contributed by atoms with Crippen LogP contribution in [0.5, 0.6) is 5.75 Å². The van der Waals surface area contributed by atoms with Crippen molar-refractivity contribution in [2.75, 3.05) is 12.4 Å². The molecule has 2 aromatic carbocycles. The molecule has 0 fully saturated rings. The van der Waals surface area contributed by atoms with Crippen LogP contribution in [0.1, 0.15) is 18.1 Å². The SMILES string of the molecule is CCc1ccccc1NC(=S)NN=Cc1ccccc1OC. The summed E-state index contributed by atoms with van der Waals surface area (Å²) in [6.45, 7) is 2.11. The second-order valence-corrected chi connectivity index (χ2v) is 4.99. The van der Waals surface area contributed by atoms with Crippen molar-refractivity contribution in [2.45, 2.75) is 13.3 Å². The van der Waals surface area contributed by atoms with Crippen LogP contribution in [-0.4, -0.2) is 18.4 Å². The van der Waals surface area contributed by atoms with E-state index in [1.165, 1.54) is 5.56 Å². The molecule has 2 aromatic rings. The number of rotatable bonds is 5. The predicted molar refractivity (Wildman–Crippen MR) is 95.8 cm³/mol. The maximum atomic E-state index is 5.26. The minimum atomic E-state index is 0.451. The van der Waals surface area contributed by atoms with Crippen LogP contribution in [-0.2, 0) is 6.42 Å². The third-order valence-electron chi connectivity index (χ3n) is 3.16. The zero-order valence-electron chi connectivity index (χ0n) is 12.7. The van der Waals surface area contributed by atoms with Crippen LogP contribution < -0.4 is 15.5 Å². The molecular weight excluding hydrogens is 294 g/mol. The molecule has 0 aliphatic carbocycles. The molecule has 0 spiro atoms. The summed E-state index contributed by atoms with van der Waals surface area (Å²) in [7, 11) is 1.63. The summed E-state index contributed by atoms with van der Waals surface area (Å²) < 4.78 is 5.26. The lowest BCUT2D eigenvalue weighted by atomic mass is 10.1. The summed E-state index contributed by atoms with van der Waals surface area (Å²) in [6, 6.07) is 15.7. The fourth-order valence-electron chi connectivity index (χ4n) is 2.03. The van der Waals surface area contributed by atoms with E-state index in [4.69, 9.17) is 17.0 Å². The number of anilines is 1. The predicted octanol–water partition coefficient (Wildman–Crippen LogP) is 3.58. The van der Waals surface area contributed by atoms with E-state index in [9.17, 15) is 0 Å². The molecule has 0 atom stereocenters. The van der Waals surface area contributed by atoms with Crippen molar-refractivity contribution >= 4 is 29.2 Å². The van der Waals surface area contributed by atoms with Gasteiger partial charge in [-0.15, -0.1) is 0 Å². The maximum absolute atomic E-state index is 5.26. The first kappa shape index (κ1) is 16.0. The van der Waals surface area contributed by atoms with Crippen molar-refractivity contribution in [1.82, 2.24) is 5.43 Å². The quantitative estimate of drug-likeness (QED) is 0.503. The van der Waals surface area contributed by atoms with Crippen molar-refractivity contribution in [3.63, 3.8) is 0 Å². The number of ether oxygens (including phenoxy) is 1. The summed E-state index contributed by atoms with van der Waals surface area (Å²) in [5.74, 6) is 0.767. The Kier molecular flexibility index (Phi) is 5.91. The molecule has 2 N–H and O–H groups in total. The molecule has 0 radical (unpaired) electrons. The lowest BCUT2D eigenvalue weighted by Gasteiger charge is -2.11. The highest BCUT2D eigenvalue weighted by Crippen LogP contribution is 2.16. The van der Waals surface area contributed by atoms with Crippen molar-refractivity contribution in [1.29, 1.82) is 0 Å². The molecular formula is C17H19N3OS. The molecule has 0 aliphatic rings. The topological polar surface area (TPSA) is 45.7 Å². The highest BCUT2D eigenvalue weighted by molar-refractivity contribution is 7.80. The highest BCUT2D eigenvalue weighted by Gasteiger charge is 2.01. The maximum Gasteiger partial charge on any atom is 0.191 e. The Morgan fingerprint density at radius 2 is 1.91 bits per heavy atom. The average molecular weight is 313 g/mol. The van der Waals surface area contributed by atoms with Crippen LogP contribution in [0.2, 0.25) is 0 Å². The number of methoxy groups -OCH3 is 1. The van der Waals surface area contributed by atoms with E-state index in [1.807, 2.05) is 42.5 Å². The lowest BCUT2D eigenvalue weighted by Crippen LogP contribution is -2.24. The van der Waals surface area contributed by atoms with Gasteiger partial charge in [-0.2, -0.15) is 5.10 Å². The first-order valence-corrected chi connectivity index (χ1v) is 7.46. The van der Waals surface area contributed by atoms with Crippen LogP contribution in [0.3, 0.4) is 0 Å². The van der Waals surface area contributed by atoms with Crippen molar-refractivity contribution in [2.24, 2.45) is 5.10 Å². The van der Waals surface area contributed by atoms with Crippen molar-refractivity contribution in [3.05, 3.63) is 59.7 Å². The van der Waals surface area contributed by atoms with Crippen LogP contribution in [0.4, 0.5) is 5.69 Å². The molecule has 4 nitrogen and oxygen atoms in total. The Balaban J connectivity index is 1.96. The Morgan fingerprint density at radius 1 is 1.18 bits per heavy atom. The van der Waals surface area contributed by atoms with E-state index in [1.54, 1.807) is 13.3 Å². The van der Waals surface area contributed by atoms with Crippen LogP contribution in [0.15, 0.2) is 53.6 Å². The lowest BCUT2D eigenvalue weighted by molar-refractivity contribution is 0.414. The van der Waals surface area contributed by atoms with Gasteiger partial charge in [0.2, 0.25) is 0 Å². The number of hydrogen-bond donors (Lipinski definition) is 2. The summed E-state index contributed by atoms with van der Waals surface area (Å²) in [4.78, 5) is 0. The number of hydrazone groups is 1. The summed E-state index contributed by atoms with van der Waals surface area (Å²) in [6.07, 6.45) is 2.62. The molecule has 0 saturated carbocycles. The monoisotopic (exact) mass is 313 g/mol. The van der Waals surface area contributed by atoms with Gasteiger partial charge in [-0.05, 0) is 42.4 Å². The Morgan fingerprint density at radius 3 is 2.68 bits per heavy atom. The summed E-state index contributed by atoms with van der Waals surface area (Å²) in [5.41, 5.74) is 5.90. The molecule has 0 bridgehead atoms. The summed E-state index contributed by atoms with van der Waals surface area (Å²) >= 11 is 5.25. The molecule has 5 heteroatoms. The largest absolute Gasteiger partial charge is 0.496 e. The smallest absolute Gasteiger partial charge is 0.191 e. The van der Waals surface area contributed by atoms with Crippen LogP contribution in [0.25, 0.3) is 0 Å². The first-order chi connectivity index (χ1) is 10.7. The van der Waals surface area contributed by atoms with E-state index >= 15 is 0 Å². The number of para-hydroxylation sites is 2. The van der Waals surface area contributed by atoms with Gasteiger partial charge in [0.05, 0.1) is 13.3 Å². The van der Waals surface area contributed by atoms with Gasteiger partial charge in [-0.25, -0.2) is 0 Å². The Bertz CT molecular complexity index is 670. The van der Waals surface area contributed by atoms with Gasteiger partial charge >= 0.3 is 0 Å². The van der Waals surface area contributed by atoms with Gasteiger partial charge in [0.25, 0.3) is 0 Å². The third-order valence-corrected chi connectivity index (χ3v) is 3.35. The Hall–Kier alpha value is -2.40. The molecule has 0 heterocycles. The number of nitrogens with one attached hydrogen (secondary N) is 2. The van der Waals surface area contributed by atoms with Gasteiger partial charge in [-0.1, -0.05) is 37.3 Å². The average Bonchev–Trinajstić information content (AvgIpc) is 2.55. The third kappa shape index (κ3) is 4.30. The van der Waals surface area contributed by atoms with Crippen molar-refractivity contribution < 1.29 is 4.74 Å². The minimum Gasteiger partial charge on any atom is -0.496 e. The fraction of sp³-hybridized carbons (Fsp3) is 0.176. The molecule has 114 valence electrons. The number of thiocarbonyl (C=S) groups is 1. The van der Waals surface area contributed by atoms with Gasteiger partial charge in [0.1, 0.15) is 5.75 Å². The molecule has 0 aliphatic heterocycles. The molecule has 0 aromatic heterocycles. The Labute approximate surface area is 136 Å². The highest BCUT2D eigenvalue weighted by atomic mass is 32.1. The molecule has 2 rings (SSSR count). The van der Waals surface area contributed by atoms with E-state index in [2.05, 4.69) is 28.8 Å². The van der Waals surface area contributed by atoms with Gasteiger partial charge < -0.3 is 10.1 Å². The van der Waals surface area contributed by atoms with Gasteiger partial charge in [0, 0.05) is 11.3 Å². The number of benzene rings is 2. The zero-order valence-corrected chi connectivity index (χ0v) is 13.5. The molecule has 0 amide bonds. The van der Waals surface area contributed by atoms with E-state index in [0.717, 1.165) is 23.4 Å². The fourth-order valence-corrected chi connectivity index (χ4v) is 2.20. The summed E-state index contributed by atoms with van der Waals surface area (Å²) in [5, 5.41) is 7.75. The normalized spacial score (nSPS) is 10.5. The molecule has 0 unspecified atom stereocenters. The van der Waals surface area contributed by atoms with Gasteiger partial charge in [0.15, 0.2) is 5.11 Å². The van der Waals surface area contributed by atoms with Gasteiger partial charge in [-0.3, -0.25) is 5.43 Å². The second kappa shape index (κ2) is 8.14. The van der Waals surface area contributed by atoms with Crippen molar-refractivity contribution in [3.8, 4) is 5.75 Å². The molecule has 0 saturated heterocycles. The second-order valence-electron chi connectivity index (χ2n) is 4.58. The van der Waals surface area contributed by atoms with E-state index in [-0.39, 0.29) is 0 Å². The number of hydrogen-bond acceptors (Lipinski definition) is 3. The minimum absolute atomic E-state index is 0.451. The standard InChI is InChI=1S/C17H19N3OS/c1-3-13-8-4-6-10-15(13)19-17(22)20-18-12-14-9-5-7-11-16(14)21-2/h4-12H,3H2,1-2H3,(H2,19,20,22). The van der Waals surface area contributed by atoms with Crippen LogP contribution >= 0.6 is 12.2 Å². The number of nitrogens with zero attached hydrogens (tertiary/aromatic N) is 1. The van der Waals surface area contributed by atoms with E-state index < -0.39 is 0 Å². The number of aryl methyl sites for hydroxylation is 1. The van der Waals surface area contributed by atoms with Crippen LogP contribution in [0, 0.1) is 0 Å². The first-order valence-electron chi connectivity index (χ1n) is 7.05.